The van der Waals surface area contributed by atoms with Crippen LogP contribution in [0.1, 0.15) is 97.8 Å². The predicted octanol–water partition coefficient (Wildman–Crippen LogP) is 7.46. The molecule has 0 bridgehead atoms. The topological polar surface area (TPSA) is 0 Å². The maximum absolute atomic E-state index is 2.37. The Morgan fingerprint density at radius 3 is 1.80 bits per heavy atom. The van der Waals surface area contributed by atoms with E-state index in [9.17, 15) is 0 Å². The highest BCUT2D eigenvalue weighted by molar-refractivity contribution is 4.92. The van der Waals surface area contributed by atoms with E-state index in [1.54, 1.807) is 0 Å². The Hall–Kier alpha value is -0.520. The smallest absolute Gasteiger partial charge is 0.0169 e. The van der Waals surface area contributed by atoms with E-state index in [-0.39, 0.29) is 0 Å². The molecule has 0 saturated carbocycles. The second-order valence-electron chi connectivity index (χ2n) is 6.41. The molecule has 0 aromatic rings. The van der Waals surface area contributed by atoms with Crippen LogP contribution < -0.4 is 0 Å². The van der Waals surface area contributed by atoms with Gasteiger partial charge in [-0.05, 0) is 38.0 Å². The van der Waals surface area contributed by atoms with Crippen molar-refractivity contribution >= 4 is 0 Å². The molecule has 0 nitrogen and oxygen atoms in total. The summed E-state index contributed by atoms with van der Waals surface area (Å²) in [6, 6.07) is 0. The van der Waals surface area contributed by atoms with Crippen LogP contribution in [0.3, 0.4) is 0 Å². The molecule has 0 amide bonds. The maximum atomic E-state index is 2.37. The third-order valence-corrected chi connectivity index (χ3v) is 3.73. The minimum absolute atomic E-state index is 0.882. The minimum Gasteiger partial charge on any atom is -0.0882 e. The van der Waals surface area contributed by atoms with Crippen molar-refractivity contribution in [3.05, 3.63) is 24.3 Å². The van der Waals surface area contributed by atoms with Crippen molar-refractivity contribution in [2.24, 2.45) is 5.92 Å². The summed E-state index contributed by atoms with van der Waals surface area (Å²) in [6.45, 7) is 6.91. The summed E-state index contributed by atoms with van der Waals surface area (Å²) in [5.41, 5.74) is 0. The highest BCUT2D eigenvalue weighted by Gasteiger charge is 1.93. The molecule has 0 radical (unpaired) electrons. The fourth-order valence-electron chi connectivity index (χ4n) is 2.36. The van der Waals surface area contributed by atoms with Crippen molar-refractivity contribution in [3.8, 4) is 0 Å². The fraction of sp³-hybridized carbons (Fsp3) is 0.800. The average Bonchev–Trinajstić information content (AvgIpc) is 2.43. The summed E-state index contributed by atoms with van der Waals surface area (Å²) in [5, 5.41) is 0. The zero-order valence-electron chi connectivity index (χ0n) is 14.4. The highest BCUT2D eigenvalue weighted by Crippen LogP contribution is 2.11. The van der Waals surface area contributed by atoms with E-state index in [4.69, 9.17) is 0 Å². The quantitative estimate of drug-likeness (QED) is 0.228. The van der Waals surface area contributed by atoms with Crippen LogP contribution in [-0.4, -0.2) is 0 Å². The first-order valence-corrected chi connectivity index (χ1v) is 9.07. The molecule has 0 N–H and O–H groups in total. The lowest BCUT2D eigenvalue weighted by molar-refractivity contribution is 0.516. The monoisotopic (exact) mass is 278 g/mol. The maximum Gasteiger partial charge on any atom is -0.0169 e. The van der Waals surface area contributed by atoms with Gasteiger partial charge in [0.05, 0.1) is 0 Å². The lowest BCUT2D eigenvalue weighted by Gasteiger charge is -2.03. The average molecular weight is 279 g/mol. The molecule has 0 aliphatic rings. The zero-order chi connectivity index (χ0) is 14.9. The van der Waals surface area contributed by atoms with Gasteiger partial charge < -0.3 is 0 Å². The van der Waals surface area contributed by atoms with Gasteiger partial charge in [0, 0.05) is 0 Å². The SMILES string of the molecule is CCCCCC=CCC=CCCCCCCCC(C)C. The van der Waals surface area contributed by atoms with Gasteiger partial charge in [0.1, 0.15) is 0 Å². The van der Waals surface area contributed by atoms with Gasteiger partial charge in [0.15, 0.2) is 0 Å². The fourth-order valence-corrected chi connectivity index (χ4v) is 2.36. The normalized spacial score (nSPS) is 12.2. The molecule has 0 aliphatic carbocycles. The van der Waals surface area contributed by atoms with Crippen molar-refractivity contribution in [1.82, 2.24) is 0 Å². The van der Waals surface area contributed by atoms with Crippen LogP contribution in [0.5, 0.6) is 0 Å². The van der Waals surface area contributed by atoms with Gasteiger partial charge >= 0.3 is 0 Å². The number of hydrogen-bond donors (Lipinski definition) is 0. The zero-order valence-corrected chi connectivity index (χ0v) is 14.4. The van der Waals surface area contributed by atoms with Crippen molar-refractivity contribution in [3.63, 3.8) is 0 Å². The largest absolute Gasteiger partial charge is 0.0882 e. The van der Waals surface area contributed by atoms with E-state index in [1.807, 2.05) is 0 Å². The van der Waals surface area contributed by atoms with E-state index in [1.165, 1.54) is 70.6 Å². The molecule has 0 atom stereocenters. The van der Waals surface area contributed by atoms with Crippen LogP contribution in [0.15, 0.2) is 24.3 Å². The molecule has 0 spiro atoms. The van der Waals surface area contributed by atoms with Crippen molar-refractivity contribution in [2.75, 3.05) is 0 Å². The third kappa shape index (κ3) is 17.5. The molecule has 0 unspecified atom stereocenters. The Labute approximate surface area is 128 Å². The molecule has 0 saturated heterocycles. The molecule has 0 aromatic heterocycles. The van der Waals surface area contributed by atoms with E-state index in [0.717, 1.165) is 12.3 Å². The Morgan fingerprint density at radius 1 is 0.650 bits per heavy atom. The van der Waals surface area contributed by atoms with Crippen LogP contribution in [0.4, 0.5) is 0 Å². The van der Waals surface area contributed by atoms with Crippen LogP contribution in [-0.2, 0) is 0 Å². The first-order chi connectivity index (χ1) is 9.77. The van der Waals surface area contributed by atoms with Crippen LogP contribution in [0.25, 0.3) is 0 Å². The first-order valence-electron chi connectivity index (χ1n) is 9.07. The minimum atomic E-state index is 0.882. The van der Waals surface area contributed by atoms with E-state index < -0.39 is 0 Å². The summed E-state index contributed by atoms with van der Waals surface area (Å²) in [6.07, 6.45) is 25.5. The molecule has 0 rings (SSSR count). The van der Waals surface area contributed by atoms with Crippen molar-refractivity contribution in [2.45, 2.75) is 97.8 Å². The summed E-state index contributed by atoms with van der Waals surface area (Å²) in [4.78, 5) is 0. The number of hydrogen-bond acceptors (Lipinski definition) is 0. The number of rotatable bonds is 14. The predicted molar refractivity (Wildman–Crippen MR) is 94.2 cm³/mol. The highest BCUT2D eigenvalue weighted by atomic mass is 14.0. The van der Waals surface area contributed by atoms with E-state index in [2.05, 4.69) is 45.1 Å². The van der Waals surface area contributed by atoms with Gasteiger partial charge in [0.2, 0.25) is 0 Å². The van der Waals surface area contributed by atoms with Crippen molar-refractivity contribution in [1.29, 1.82) is 0 Å². The molecule has 0 fully saturated rings. The number of allylic oxidation sites excluding steroid dienone is 4. The van der Waals surface area contributed by atoms with Gasteiger partial charge in [0.25, 0.3) is 0 Å². The lowest BCUT2D eigenvalue weighted by Crippen LogP contribution is -1.86. The first kappa shape index (κ1) is 19.5. The second kappa shape index (κ2) is 16.5. The molecular formula is C20H38. The second-order valence-corrected chi connectivity index (χ2v) is 6.41. The summed E-state index contributed by atoms with van der Waals surface area (Å²) in [5.74, 6) is 0.882. The molecule has 118 valence electrons. The summed E-state index contributed by atoms with van der Waals surface area (Å²) >= 11 is 0. The van der Waals surface area contributed by atoms with Gasteiger partial charge in [-0.25, -0.2) is 0 Å². The summed E-state index contributed by atoms with van der Waals surface area (Å²) < 4.78 is 0. The Balaban J connectivity index is 3.16. The molecule has 0 aliphatic heterocycles. The van der Waals surface area contributed by atoms with Gasteiger partial charge in [-0.1, -0.05) is 90.0 Å². The molecule has 0 aromatic carbocycles. The molecule has 0 heterocycles. The number of unbranched alkanes of at least 4 members (excludes halogenated alkanes) is 8. The molecule has 0 heteroatoms. The Morgan fingerprint density at radius 2 is 1.20 bits per heavy atom. The van der Waals surface area contributed by atoms with Crippen LogP contribution in [0, 0.1) is 5.92 Å². The van der Waals surface area contributed by atoms with Gasteiger partial charge in [-0.3, -0.25) is 0 Å². The Bertz CT molecular complexity index is 222. The lowest BCUT2D eigenvalue weighted by atomic mass is 10.0. The van der Waals surface area contributed by atoms with E-state index >= 15 is 0 Å². The van der Waals surface area contributed by atoms with Gasteiger partial charge in [-0.15, -0.1) is 0 Å². The third-order valence-electron chi connectivity index (χ3n) is 3.73. The molecule has 20 heavy (non-hydrogen) atoms. The van der Waals surface area contributed by atoms with Gasteiger partial charge in [-0.2, -0.15) is 0 Å². The standard InChI is InChI=1S/C20H38/c1-4-5-6-7-8-9-10-11-12-13-14-15-16-17-18-19-20(2)3/h8-9,11-12,20H,4-7,10,13-19H2,1-3H3. The molecular weight excluding hydrogens is 240 g/mol. The summed E-state index contributed by atoms with van der Waals surface area (Å²) in [7, 11) is 0. The Kier molecular flexibility index (Phi) is 16.1. The van der Waals surface area contributed by atoms with Crippen molar-refractivity contribution < 1.29 is 0 Å². The van der Waals surface area contributed by atoms with Crippen LogP contribution >= 0.6 is 0 Å². The van der Waals surface area contributed by atoms with Crippen LogP contribution in [0.2, 0.25) is 0 Å². The van der Waals surface area contributed by atoms with E-state index in [0.29, 0.717) is 0 Å².